The van der Waals surface area contributed by atoms with Gasteiger partial charge in [0.15, 0.2) is 0 Å². The van der Waals surface area contributed by atoms with E-state index in [4.69, 9.17) is 4.74 Å². The summed E-state index contributed by atoms with van der Waals surface area (Å²) in [5.41, 5.74) is 0.794. The minimum absolute atomic E-state index is 0.190. The summed E-state index contributed by atoms with van der Waals surface area (Å²) in [5.74, 6) is -0.190. The van der Waals surface area contributed by atoms with Crippen LogP contribution >= 0.6 is 0 Å². The molecule has 8 heteroatoms. The van der Waals surface area contributed by atoms with Gasteiger partial charge in [0.05, 0.1) is 17.7 Å². The Morgan fingerprint density at radius 3 is 2.60 bits per heavy atom. The van der Waals surface area contributed by atoms with E-state index in [2.05, 4.69) is 15.6 Å². The molecule has 1 aromatic carbocycles. The fourth-order valence-corrected chi connectivity index (χ4v) is 2.69. The zero-order valence-corrected chi connectivity index (χ0v) is 15.2. The predicted molar refractivity (Wildman–Crippen MR) is 92.3 cm³/mol. The third-order valence-corrected chi connectivity index (χ3v) is 4.01. The van der Waals surface area contributed by atoms with Crippen molar-refractivity contribution < 1.29 is 14.3 Å². The summed E-state index contributed by atoms with van der Waals surface area (Å²) in [6, 6.07) is 4.70. The summed E-state index contributed by atoms with van der Waals surface area (Å²) in [4.78, 5) is 26.7. The van der Waals surface area contributed by atoms with Crippen LogP contribution in [0.5, 0.6) is 0 Å². The molecule has 1 saturated heterocycles. The predicted octanol–water partition coefficient (Wildman–Crippen LogP) is 2.00. The van der Waals surface area contributed by atoms with Gasteiger partial charge in [0.1, 0.15) is 12.2 Å². The smallest absolute Gasteiger partial charge is 0.349 e. The van der Waals surface area contributed by atoms with Gasteiger partial charge < -0.3 is 10.1 Å². The number of ether oxygens (including phenoxy) is 1. The van der Waals surface area contributed by atoms with Crippen molar-refractivity contribution in [3.05, 3.63) is 23.8 Å². The number of aromatic nitrogens is 3. The van der Waals surface area contributed by atoms with Gasteiger partial charge in [0.25, 0.3) is 5.91 Å². The molecule has 1 fully saturated rings. The number of carbonyl (C=O) groups excluding carboxylic acids is 2. The van der Waals surface area contributed by atoms with Gasteiger partial charge in [0.2, 0.25) is 0 Å². The summed E-state index contributed by atoms with van der Waals surface area (Å²) in [5, 5.41) is 10.9. The number of nitrogens with one attached hydrogen (secondary N) is 1. The van der Waals surface area contributed by atoms with Crippen LogP contribution in [0, 0.1) is 0 Å². The van der Waals surface area contributed by atoms with Gasteiger partial charge in [-0.2, -0.15) is 4.68 Å². The largest absolute Gasteiger partial charge is 0.359 e. The highest BCUT2D eigenvalue weighted by atomic mass is 16.5. The highest BCUT2D eigenvalue weighted by Gasteiger charge is 2.38. The van der Waals surface area contributed by atoms with E-state index in [1.807, 2.05) is 34.6 Å². The summed E-state index contributed by atoms with van der Waals surface area (Å²) in [6.45, 7) is 10.3. The van der Waals surface area contributed by atoms with Gasteiger partial charge in [-0.1, -0.05) is 5.21 Å². The second-order valence-corrected chi connectivity index (χ2v) is 7.91. The molecule has 8 nitrogen and oxygen atoms in total. The summed E-state index contributed by atoms with van der Waals surface area (Å²) < 4.78 is 6.64. The highest BCUT2D eigenvalue weighted by Crippen LogP contribution is 2.23. The van der Waals surface area contributed by atoms with E-state index in [0.717, 1.165) is 0 Å². The van der Waals surface area contributed by atoms with Gasteiger partial charge in [-0.3, -0.25) is 9.69 Å². The van der Waals surface area contributed by atoms with E-state index >= 15 is 0 Å². The maximum Gasteiger partial charge on any atom is 0.349 e. The molecule has 134 valence electrons. The van der Waals surface area contributed by atoms with Crippen LogP contribution in [0.1, 0.15) is 45.0 Å². The first-order valence-electron chi connectivity index (χ1n) is 8.16. The highest BCUT2D eigenvalue weighted by molar-refractivity contribution is 5.98. The number of rotatable bonds is 1. The SMILES string of the molecule is CC(C)(C)NC(=O)c1ccc2c(c1)nnn2C(=O)N1COCC1(C)C. The van der Waals surface area contributed by atoms with E-state index < -0.39 is 5.54 Å². The van der Waals surface area contributed by atoms with Gasteiger partial charge in [-0.15, -0.1) is 5.10 Å². The molecule has 0 bridgehead atoms. The number of benzene rings is 1. The Kier molecular flexibility index (Phi) is 4.03. The lowest BCUT2D eigenvalue weighted by Crippen LogP contribution is -2.46. The Morgan fingerprint density at radius 2 is 2.00 bits per heavy atom. The number of hydrogen-bond donors (Lipinski definition) is 1. The molecular formula is C17H23N5O3. The lowest BCUT2D eigenvalue weighted by molar-refractivity contribution is 0.0919. The Balaban J connectivity index is 1.90. The third kappa shape index (κ3) is 3.34. The van der Waals surface area contributed by atoms with Crippen molar-refractivity contribution in [2.45, 2.75) is 45.7 Å². The summed E-state index contributed by atoms with van der Waals surface area (Å²) in [7, 11) is 0. The molecular weight excluding hydrogens is 322 g/mol. The molecule has 0 spiro atoms. The first-order chi connectivity index (χ1) is 11.6. The number of carbonyl (C=O) groups is 2. The van der Waals surface area contributed by atoms with Crippen molar-refractivity contribution >= 4 is 23.0 Å². The van der Waals surface area contributed by atoms with Gasteiger partial charge in [-0.05, 0) is 52.8 Å². The van der Waals surface area contributed by atoms with Crippen LogP contribution in [0.4, 0.5) is 4.79 Å². The van der Waals surface area contributed by atoms with E-state index in [1.165, 1.54) is 4.68 Å². The number of hydrogen-bond acceptors (Lipinski definition) is 5. The van der Waals surface area contributed by atoms with Gasteiger partial charge in [-0.25, -0.2) is 4.79 Å². The lowest BCUT2D eigenvalue weighted by atomic mass is 10.1. The lowest BCUT2D eigenvalue weighted by Gasteiger charge is -2.28. The molecule has 1 aromatic heterocycles. The average molecular weight is 345 g/mol. The molecule has 0 saturated carbocycles. The number of amides is 2. The van der Waals surface area contributed by atoms with E-state index in [1.54, 1.807) is 23.1 Å². The maximum atomic E-state index is 12.8. The molecule has 1 N–H and O–H groups in total. The minimum Gasteiger partial charge on any atom is -0.359 e. The molecule has 2 amide bonds. The fraction of sp³-hybridized carbons (Fsp3) is 0.529. The van der Waals surface area contributed by atoms with Crippen LogP contribution in [0.3, 0.4) is 0 Å². The molecule has 0 atom stereocenters. The second-order valence-electron chi connectivity index (χ2n) is 7.91. The van der Waals surface area contributed by atoms with Crippen molar-refractivity contribution in [1.82, 2.24) is 25.2 Å². The van der Waals surface area contributed by atoms with Crippen LogP contribution in [-0.2, 0) is 4.74 Å². The Bertz CT molecular complexity index is 834. The molecule has 2 aromatic rings. The van der Waals surface area contributed by atoms with Crippen molar-refractivity contribution in [3.8, 4) is 0 Å². The molecule has 0 radical (unpaired) electrons. The quantitative estimate of drug-likeness (QED) is 0.854. The Labute approximate surface area is 146 Å². The zero-order chi connectivity index (χ0) is 18.4. The molecule has 1 aliphatic rings. The van der Waals surface area contributed by atoms with E-state index in [0.29, 0.717) is 23.2 Å². The fourth-order valence-electron chi connectivity index (χ4n) is 2.69. The van der Waals surface area contributed by atoms with E-state index in [-0.39, 0.29) is 24.2 Å². The van der Waals surface area contributed by atoms with Crippen molar-refractivity contribution in [2.24, 2.45) is 0 Å². The average Bonchev–Trinajstić information content (AvgIpc) is 3.06. The topological polar surface area (TPSA) is 89.3 Å². The number of nitrogens with zero attached hydrogens (tertiary/aromatic N) is 4. The monoisotopic (exact) mass is 345 g/mol. The molecule has 0 unspecified atom stereocenters. The summed E-state index contributed by atoms with van der Waals surface area (Å²) >= 11 is 0. The van der Waals surface area contributed by atoms with Crippen LogP contribution < -0.4 is 5.32 Å². The van der Waals surface area contributed by atoms with Crippen LogP contribution in [0.2, 0.25) is 0 Å². The van der Waals surface area contributed by atoms with Crippen molar-refractivity contribution in [1.29, 1.82) is 0 Å². The van der Waals surface area contributed by atoms with Gasteiger partial charge in [0, 0.05) is 11.1 Å². The summed E-state index contributed by atoms with van der Waals surface area (Å²) in [6.07, 6.45) is 0. The first kappa shape index (κ1) is 17.3. The maximum absolute atomic E-state index is 12.8. The molecule has 25 heavy (non-hydrogen) atoms. The number of fused-ring (bicyclic) bond motifs is 1. The molecule has 0 aliphatic carbocycles. The third-order valence-electron chi connectivity index (χ3n) is 4.01. The minimum atomic E-state index is -0.401. The second kappa shape index (κ2) is 5.80. The van der Waals surface area contributed by atoms with Crippen LogP contribution in [0.25, 0.3) is 11.0 Å². The Hall–Kier alpha value is -2.48. The van der Waals surface area contributed by atoms with Crippen LogP contribution in [0.15, 0.2) is 18.2 Å². The van der Waals surface area contributed by atoms with Crippen molar-refractivity contribution in [2.75, 3.05) is 13.3 Å². The normalized spacial score (nSPS) is 17.1. The zero-order valence-electron chi connectivity index (χ0n) is 15.2. The molecule has 2 heterocycles. The standard InChI is InChI=1S/C17H23N5O3/c1-16(2,3)18-14(23)11-6-7-13-12(8-11)19-20-22(13)15(24)21-10-25-9-17(21,4)5/h6-8H,9-10H2,1-5H3,(H,18,23). The van der Waals surface area contributed by atoms with Crippen molar-refractivity contribution in [3.63, 3.8) is 0 Å². The molecule has 1 aliphatic heterocycles. The van der Waals surface area contributed by atoms with Gasteiger partial charge >= 0.3 is 6.03 Å². The first-order valence-corrected chi connectivity index (χ1v) is 8.16. The van der Waals surface area contributed by atoms with E-state index in [9.17, 15) is 9.59 Å². The van der Waals surface area contributed by atoms with Crippen LogP contribution in [-0.4, -0.2) is 56.2 Å². The Morgan fingerprint density at radius 1 is 1.28 bits per heavy atom. The molecule has 3 rings (SSSR count).